The maximum atomic E-state index is 12.5. The van der Waals surface area contributed by atoms with Crippen molar-refractivity contribution in [2.45, 2.75) is 52.4 Å². The quantitative estimate of drug-likeness (QED) is 0.341. The van der Waals surface area contributed by atoms with E-state index < -0.39 is 0 Å². The van der Waals surface area contributed by atoms with Gasteiger partial charge in [-0.05, 0) is 63.4 Å². The molecule has 1 N–H and O–H groups in total. The molecule has 32 heavy (non-hydrogen) atoms. The highest BCUT2D eigenvalue weighted by atomic mass is 32.2. The molecule has 2 aromatic carbocycles. The van der Waals surface area contributed by atoms with Crippen molar-refractivity contribution in [2.24, 2.45) is 0 Å². The van der Waals surface area contributed by atoms with E-state index in [4.69, 9.17) is 4.74 Å². The summed E-state index contributed by atoms with van der Waals surface area (Å²) in [7, 11) is 0. The largest absolute Gasteiger partial charge is 0.482 e. The highest BCUT2D eigenvalue weighted by Gasteiger charge is 2.20. The molecule has 1 unspecified atom stereocenters. The molecule has 0 aliphatic rings. The van der Waals surface area contributed by atoms with Crippen LogP contribution in [0.1, 0.15) is 41.1 Å². The number of rotatable bonds is 9. The summed E-state index contributed by atoms with van der Waals surface area (Å²) < 4.78 is 8.11. The SMILES string of the molecule is C=CCn1c(SCC(=O)Nc2cccc(C)c2C)nnc1C(C)Oc1ccc(C)cc1C. The lowest BCUT2D eigenvalue weighted by Gasteiger charge is -2.17. The van der Waals surface area contributed by atoms with E-state index in [2.05, 4.69) is 35.1 Å². The first kappa shape index (κ1) is 23.6. The number of hydrogen-bond donors (Lipinski definition) is 1. The van der Waals surface area contributed by atoms with E-state index in [-0.39, 0.29) is 17.8 Å². The summed E-state index contributed by atoms with van der Waals surface area (Å²) >= 11 is 1.35. The van der Waals surface area contributed by atoms with Crippen LogP contribution < -0.4 is 10.1 Å². The van der Waals surface area contributed by atoms with Gasteiger partial charge in [0.15, 0.2) is 17.1 Å². The van der Waals surface area contributed by atoms with Crippen molar-refractivity contribution in [1.82, 2.24) is 14.8 Å². The molecule has 1 atom stereocenters. The molecular formula is C25H30N4O2S. The average molecular weight is 451 g/mol. The van der Waals surface area contributed by atoms with E-state index in [9.17, 15) is 4.79 Å². The van der Waals surface area contributed by atoms with Gasteiger partial charge >= 0.3 is 0 Å². The lowest BCUT2D eigenvalue weighted by Crippen LogP contribution is -2.16. The molecule has 0 saturated heterocycles. The van der Waals surface area contributed by atoms with Gasteiger partial charge in [0.05, 0.1) is 5.75 Å². The molecule has 0 aliphatic heterocycles. The van der Waals surface area contributed by atoms with E-state index in [0.29, 0.717) is 17.5 Å². The smallest absolute Gasteiger partial charge is 0.234 e. The van der Waals surface area contributed by atoms with Gasteiger partial charge in [-0.3, -0.25) is 9.36 Å². The molecule has 0 spiro atoms. The number of anilines is 1. The Morgan fingerprint density at radius 1 is 1.19 bits per heavy atom. The topological polar surface area (TPSA) is 69.0 Å². The van der Waals surface area contributed by atoms with Crippen LogP contribution in [-0.4, -0.2) is 26.4 Å². The zero-order chi connectivity index (χ0) is 23.3. The lowest BCUT2D eigenvalue weighted by molar-refractivity contribution is -0.113. The second-order valence-corrected chi connectivity index (χ2v) is 8.80. The third-order valence-corrected chi connectivity index (χ3v) is 6.23. The summed E-state index contributed by atoms with van der Waals surface area (Å²) in [6, 6.07) is 12.0. The predicted octanol–water partition coefficient (Wildman–Crippen LogP) is 5.57. The van der Waals surface area contributed by atoms with E-state index in [1.165, 1.54) is 17.3 Å². The first-order valence-corrected chi connectivity index (χ1v) is 11.6. The van der Waals surface area contributed by atoms with Gasteiger partial charge in [0, 0.05) is 12.2 Å². The first-order valence-electron chi connectivity index (χ1n) is 10.6. The Hall–Kier alpha value is -3.06. The number of nitrogens with zero attached hydrogens (tertiary/aromatic N) is 3. The Bertz CT molecular complexity index is 1120. The molecule has 1 amide bonds. The van der Waals surface area contributed by atoms with Gasteiger partial charge in [0.1, 0.15) is 5.75 Å². The fourth-order valence-corrected chi connectivity index (χ4v) is 4.14. The minimum Gasteiger partial charge on any atom is -0.482 e. The van der Waals surface area contributed by atoms with Crippen LogP contribution in [0.25, 0.3) is 0 Å². The van der Waals surface area contributed by atoms with E-state index in [1.807, 2.05) is 62.6 Å². The van der Waals surface area contributed by atoms with Crippen molar-refractivity contribution in [2.75, 3.05) is 11.1 Å². The van der Waals surface area contributed by atoms with Crippen LogP contribution in [0.5, 0.6) is 5.75 Å². The maximum absolute atomic E-state index is 12.5. The molecule has 1 aromatic heterocycles. The van der Waals surface area contributed by atoms with Gasteiger partial charge in [0.2, 0.25) is 5.91 Å². The second kappa shape index (κ2) is 10.5. The highest BCUT2D eigenvalue weighted by molar-refractivity contribution is 7.99. The van der Waals surface area contributed by atoms with E-state index in [0.717, 1.165) is 28.1 Å². The van der Waals surface area contributed by atoms with Gasteiger partial charge < -0.3 is 10.1 Å². The van der Waals surface area contributed by atoms with Gasteiger partial charge in [0.25, 0.3) is 0 Å². The molecule has 3 rings (SSSR count). The Morgan fingerprint density at radius 3 is 2.69 bits per heavy atom. The number of carbonyl (C=O) groups excluding carboxylic acids is 1. The number of allylic oxidation sites excluding steroid dienone is 1. The van der Waals surface area contributed by atoms with Crippen LogP contribution in [0.3, 0.4) is 0 Å². The standard InChI is InChI=1S/C25H30N4O2S/c1-7-13-29-24(20(6)31-22-12-11-16(2)14-18(22)4)27-28-25(29)32-15-23(30)26-21-10-8-9-17(3)19(21)5/h7-12,14,20H,1,13,15H2,2-6H3,(H,26,30). The number of ether oxygens (including phenoxy) is 1. The number of carbonyl (C=O) groups is 1. The van der Waals surface area contributed by atoms with Gasteiger partial charge in [-0.1, -0.05) is 47.7 Å². The summed E-state index contributed by atoms with van der Waals surface area (Å²) in [5.74, 6) is 1.66. The number of thioether (sulfide) groups is 1. The highest BCUT2D eigenvalue weighted by Crippen LogP contribution is 2.27. The molecule has 0 radical (unpaired) electrons. The van der Waals surface area contributed by atoms with Crippen molar-refractivity contribution >= 4 is 23.4 Å². The van der Waals surface area contributed by atoms with Crippen LogP contribution >= 0.6 is 11.8 Å². The summed E-state index contributed by atoms with van der Waals surface area (Å²) in [6.45, 7) is 14.4. The number of amides is 1. The molecule has 0 fully saturated rings. The van der Waals surface area contributed by atoms with Crippen LogP contribution in [-0.2, 0) is 11.3 Å². The Balaban J connectivity index is 1.70. The van der Waals surface area contributed by atoms with Crippen LogP contribution in [0.4, 0.5) is 5.69 Å². The van der Waals surface area contributed by atoms with E-state index >= 15 is 0 Å². The summed E-state index contributed by atoms with van der Waals surface area (Å²) in [5, 5.41) is 12.3. The fraction of sp³-hybridized carbons (Fsp3) is 0.320. The van der Waals surface area contributed by atoms with Crippen molar-refractivity contribution in [3.8, 4) is 5.75 Å². The average Bonchev–Trinajstić information content (AvgIpc) is 3.15. The number of aryl methyl sites for hydroxylation is 3. The Kier molecular flexibility index (Phi) is 7.75. The summed E-state index contributed by atoms with van der Waals surface area (Å²) in [5.41, 5.74) is 5.31. The van der Waals surface area contributed by atoms with Crippen molar-refractivity contribution < 1.29 is 9.53 Å². The van der Waals surface area contributed by atoms with Gasteiger partial charge in [-0.15, -0.1) is 16.8 Å². The number of benzene rings is 2. The Morgan fingerprint density at radius 2 is 1.97 bits per heavy atom. The maximum Gasteiger partial charge on any atom is 0.234 e. The van der Waals surface area contributed by atoms with Gasteiger partial charge in [-0.25, -0.2) is 0 Å². The third kappa shape index (κ3) is 5.59. The van der Waals surface area contributed by atoms with Crippen LogP contribution in [0, 0.1) is 27.7 Å². The van der Waals surface area contributed by atoms with Crippen LogP contribution in [0.2, 0.25) is 0 Å². The lowest BCUT2D eigenvalue weighted by atomic mass is 10.1. The van der Waals surface area contributed by atoms with Gasteiger partial charge in [-0.2, -0.15) is 0 Å². The molecule has 7 heteroatoms. The first-order chi connectivity index (χ1) is 15.3. The molecule has 3 aromatic rings. The molecule has 6 nitrogen and oxygen atoms in total. The minimum absolute atomic E-state index is 0.0852. The minimum atomic E-state index is -0.304. The zero-order valence-corrected chi connectivity index (χ0v) is 20.1. The van der Waals surface area contributed by atoms with Crippen molar-refractivity contribution in [3.63, 3.8) is 0 Å². The summed E-state index contributed by atoms with van der Waals surface area (Å²) in [6.07, 6.45) is 1.48. The number of nitrogens with one attached hydrogen (secondary N) is 1. The molecule has 0 bridgehead atoms. The molecule has 0 saturated carbocycles. The monoisotopic (exact) mass is 450 g/mol. The molecule has 0 aliphatic carbocycles. The second-order valence-electron chi connectivity index (χ2n) is 7.85. The molecule has 1 heterocycles. The number of hydrogen-bond acceptors (Lipinski definition) is 5. The fourth-order valence-electron chi connectivity index (χ4n) is 3.39. The normalized spacial score (nSPS) is 11.8. The van der Waals surface area contributed by atoms with Crippen LogP contribution in [0.15, 0.2) is 54.2 Å². The summed E-state index contributed by atoms with van der Waals surface area (Å²) in [4.78, 5) is 12.5. The van der Waals surface area contributed by atoms with E-state index in [1.54, 1.807) is 6.08 Å². The predicted molar refractivity (Wildman–Crippen MR) is 130 cm³/mol. The third-order valence-electron chi connectivity index (χ3n) is 5.27. The van der Waals surface area contributed by atoms with Crippen molar-refractivity contribution in [1.29, 1.82) is 0 Å². The van der Waals surface area contributed by atoms with Crippen molar-refractivity contribution in [3.05, 3.63) is 77.1 Å². The Labute approximate surface area is 194 Å². The number of aromatic nitrogens is 3. The molecular weight excluding hydrogens is 420 g/mol. The zero-order valence-electron chi connectivity index (χ0n) is 19.3. The molecule has 168 valence electrons.